The molecule has 0 saturated heterocycles. The third-order valence-electron chi connectivity index (χ3n) is 1.60. The normalized spacial score (nSPS) is 12.1. The Morgan fingerprint density at radius 2 is 2.53 bits per heavy atom. The first kappa shape index (κ1) is 12.5. The van der Waals surface area contributed by atoms with Gasteiger partial charge in [-0.2, -0.15) is 0 Å². The number of carboxylic acid groups (broad SMARTS) is 1. The lowest BCUT2D eigenvalue weighted by atomic mass is 10.2. The Morgan fingerprint density at radius 1 is 1.87 bits per heavy atom. The fourth-order valence-corrected chi connectivity index (χ4v) is 2.78. The maximum absolute atomic E-state index is 10.9. The van der Waals surface area contributed by atoms with Gasteiger partial charge in [-0.25, -0.2) is 0 Å². The van der Waals surface area contributed by atoms with Gasteiger partial charge in [0.05, 0.1) is 6.54 Å². The molecule has 0 aliphatic carbocycles. The van der Waals surface area contributed by atoms with E-state index in [1.54, 1.807) is 6.07 Å². The maximum Gasteiger partial charge on any atom is 0.326 e. The minimum absolute atomic E-state index is 0.199. The SMILES string of the molecule is C#CCNC(C(=O)O)c1cc(Br)c(Cl)s1. The zero-order valence-corrected chi connectivity index (χ0v) is 10.6. The van der Waals surface area contributed by atoms with Gasteiger partial charge < -0.3 is 5.11 Å². The second kappa shape index (κ2) is 5.52. The van der Waals surface area contributed by atoms with Crippen molar-refractivity contribution in [3.63, 3.8) is 0 Å². The lowest BCUT2D eigenvalue weighted by molar-refractivity contribution is -0.139. The lowest BCUT2D eigenvalue weighted by Crippen LogP contribution is -2.27. The van der Waals surface area contributed by atoms with Gasteiger partial charge in [0.2, 0.25) is 0 Å². The van der Waals surface area contributed by atoms with Crippen LogP contribution in [0, 0.1) is 12.3 Å². The van der Waals surface area contributed by atoms with Crippen LogP contribution < -0.4 is 5.32 Å². The van der Waals surface area contributed by atoms with Crippen LogP contribution in [0.4, 0.5) is 0 Å². The number of carbonyl (C=O) groups is 1. The first-order valence-corrected chi connectivity index (χ1v) is 5.89. The van der Waals surface area contributed by atoms with E-state index >= 15 is 0 Å². The Bertz CT molecular complexity index is 393. The van der Waals surface area contributed by atoms with Crippen LogP contribution in [0.5, 0.6) is 0 Å². The zero-order chi connectivity index (χ0) is 11.4. The highest BCUT2D eigenvalue weighted by atomic mass is 79.9. The molecule has 2 N–H and O–H groups in total. The van der Waals surface area contributed by atoms with E-state index in [1.807, 2.05) is 0 Å². The topological polar surface area (TPSA) is 49.3 Å². The van der Waals surface area contributed by atoms with Crippen molar-refractivity contribution < 1.29 is 9.90 Å². The standard InChI is InChI=1S/C9H7BrClNO2S/c1-2-3-12-7(9(13)14)6-4-5(10)8(11)15-6/h1,4,7,12H,3H2,(H,13,14). The minimum Gasteiger partial charge on any atom is -0.480 e. The van der Waals surface area contributed by atoms with Gasteiger partial charge in [0.1, 0.15) is 10.4 Å². The van der Waals surface area contributed by atoms with E-state index in [1.165, 1.54) is 11.3 Å². The second-order valence-corrected chi connectivity index (χ2v) is 5.17. The number of terminal acetylenes is 1. The average molecular weight is 309 g/mol. The van der Waals surface area contributed by atoms with Gasteiger partial charge in [0, 0.05) is 9.35 Å². The van der Waals surface area contributed by atoms with E-state index in [0.717, 1.165) is 0 Å². The Balaban J connectivity index is 2.90. The van der Waals surface area contributed by atoms with Crippen molar-refractivity contribution >= 4 is 44.8 Å². The molecule has 0 saturated carbocycles. The lowest BCUT2D eigenvalue weighted by Gasteiger charge is -2.09. The first-order valence-electron chi connectivity index (χ1n) is 3.90. The van der Waals surface area contributed by atoms with E-state index < -0.39 is 12.0 Å². The highest BCUT2D eigenvalue weighted by molar-refractivity contribution is 9.10. The van der Waals surface area contributed by atoms with E-state index in [0.29, 0.717) is 13.7 Å². The number of thiophene rings is 1. The Labute approximate surface area is 105 Å². The summed E-state index contributed by atoms with van der Waals surface area (Å²) < 4.78 is 1.22. The van der Waals surface area contributed by atoms with Gasteiger partial charge in [-0.15, -0.1) is 17.8 Å². The third kappa shape index (κ3) is 3.21. The molecule has 0 aliphatic rings. The summed E-state index contributed by atoms with van der Waals surface area (Å²) in [4.78, 5) is 11.6. The van der Waals surface area contributed by atoms with Crippen molar-refractivity contribution in [1.29, 1.82) is 0 Å². The number of hydrogen-bond donors (Lipinski definition) is 2. The molecule has 15 heavy (non-hydrogen) atoms. The Hall–Kier alpha value is -0.540. The van der Waals surface area contributed by atoms with Gasteiger partial charge in [-0.3, -0.25) is 10.1 Å². The molecular weight excluding hydrogens is 302 g/mol. The molecule has 1 aromatic heterocycles. The molecule has 1 rings (SSSR count). The molecule has 0 radical (unpaired) electrons. The van der Waals surface area contributed by atoms with E-state index in [-0.39, 0.29) is 6.54 Å². The van der Waals surface area contributed by atoms with Crippen LogP contribution in [-0.2, 0) is 4.79 Å². The summed E-state index contributed by atoms with van der Waals surface area (Å²) in [6.45, 7) is 0.199. The van der Waals surface area contributed by atoms with E-state index in [2.05, 4.69) is 27.2 Å². The van der Waals surface area contributed by atoms with E-state index in [9.17, 15) is 4.79 Å². The van der Waals surface area contributed by atoms with Crippen LogP contribution in [0.1, 0.15) is 10.9 Å². The molecule has 0 amide bonds. The first-order chi connectivity index (χ1) is 7.06. The molecule has 1 atom stereocenters. The molecule has 3 nitrogen and oxygen atoms in total. The predicted molar refractivity (Wildman–Crippen MR) is 64.2 cm³/mol. The number of hydrogen-bond acceptors (Lipinski definition) is 3. The summed E-state index contributed by atoms with van der Waals surface area (Å²) >= 11 is 10.2. The summed E-state index contributed by atoms with van der Waals surface area (Å²) in [7, 11) is 0. The second-order valence-electron chi connectivity index (χ2n) is 2.63. The van der Waals surface area contributed by atoms with Gasteiger partial charge in [-0.1, -0.05) is 17.5 Å². The van der Waals surface area contributed by atoms with Crippen molar-refractivity contribution in [2.24, 2.45) is 0 Å². The summed E-state index contributed by atoms with van der Waals surface area (Å²) in [6, 6.07) is 0.866. The van der Waals surface area contributed by atoms with Gasteiger partial charge in [0.15, 0.2) is 0 Å². The molecule has 0 bridgehead atoms. The van der Waals surface area contributed by atoms with Crippen LogP contribution in [0.2, 0.25) is 4.34 Å². The van der Waals surface area contributed by atoms with Gasteiger partial charge in [0.25, 0.3) is 0 Å². The average Bonchev–Trinajstić information content (AvgIpc) is 2.47. The molecule has 80 valence electrons. The van der Waals surface area contributed by atoms with Crippen molar-refractivity contribution in [1.82, 2.24) is 5.32 Å². The van der Waals surface area contributed by atoms with Crippen molar-refractivity contribution in [3.05, 3.63) is 19.8 Å². The Morgan fingerprint density at radius 3 is 2.93 bits per heavy atom. The van der Waals surface area contributed by atoms with Crippen LogP contribution in [0.3, 0.4) is 0 Å². The number of halogens is 2. The highest BCUT2D eigenvalue weighted by Gasteiger charge is 2.21. The smallest absolute Gasteiger partial charge is 0.326 e. The summed E-state index contributed by atoms with van der Waals surface area (Å²) in [5.41, 5.74) is 0. The molecule has 1 unspecified atom stereocenters. The van der Waals surface area contributed by atoms with Gasteiger partial charge >= 0.3 is 5.97 Å². The molecular formula is C9H7BrClNO2S. The van der Waals surface area contributed by atoms with Crippen LogP contribution in [0.15, 0.2) is 10.5 Å². The summed E-state index contributed by atoms with van der Waals surface area (Å²) in [5.74, 6) is 1.35. The molecule has 0 aromatic carbocycles. The maximum atomic E-state index is 10.9. The fraction of sp³-hybridized carbons (Fsp3) is 0.222. The molecule has 0 fully saturated rings. The number of aliphatic carboxylic acids is 1. The largest absolute Gasteiger partial charge is 0.480 e. The molecule has 1 heterocycles. The molecule has 1 aromatic rings. The molecule has 6 heteroatoms. The minimum atomic E-state index is -0.976. The monoisotopic (exact) mass is 307 g/mol. The predicted octanol–water partition coefficient (Wildman–Crippen LogP) is 2.51. The summed E-state index contributed by atoms with van der Waals surface area (Å²) in [6.07, 6.45) is 5.05. The van der Waals surface area contributed by atoms with Crippen molar-refractivity contribution in [2.45, 2.75) is 6.04 Å². The van der Waals surface area contributed by atoms with Crippen LogP contribution >= 0.6 is 38.9 Å². The fourth-order valence-electron chi connectivity index (χ4n) is 0.976. The number of nitrogens with one attached hydrogen (secondary N) is 1. The number of carboxylic acids is 1. The number of rotatable bonds is 4. The Kier molecular flexibility index (Phi) is 4.61. The van der Waals surface area contributed by atoms with Crippen molar-refractivity contribution in [2.75, 3.05) is 6.54 Å². The van der Waals surface area contributed by atoms with Crippen LogP contribution in [0.25, 0.3) is 0 Å². The van der Waals surface area contributed by atoms with Gasteiger partial charge in [-0.05, 0) is 22.0 Å². The quantitative estimate of drug-likeness (QED) is 0.840. The highest BCUT2D eigenvalue weighted by Crippen LogP contribution is 2.35. The summed E-state index contributed by atoms with van der Waals surface area (Å²) in [5, 5.41) is 11.7. The van der Waals surface area contributed by atoms with Crippen molar-refractivity contribution in [3.8, 4) is 12.3 Å². The van der Waals surface area contributed by atoms with E-state index in [4.69, 9.17) is 23.1 Å². The molecule has 0 spiro atoms. The third-order valence-corrected chi connectivity index (χ3v) is 4.14. The zero-order valence-electron chi connectivity index (χ0n) is 7.46. The molecule has 0 aliphatic heterocycles. The van der Waals surface area contributed by atoms with Crippen LogP contribution in [-0.4, -0.2) is 17.6 Å².